The van der Waals surface area contributed by atoms with Gasteiger partial charge in [0.05, 0.1) is 5.69 Å². The number of amides is 1. The lowest BCUT2D eigenvalue weighted by Gasteiger charge is -2.34. The van der Waals surface area contributed by atoms with Gasteiger partial charge in [-0.3, -0.25) is 4.79 Å². The highest BCUT2D eigenvalue weighted by Gasteiger charge is 2.23. The lowest BCUT2D eigenvalue weighted by molar-refractivity contribution is -0.122. The van der Waals surface area contributed by atoms with Gasteiger partial charge in [-0.1, -0.05) is 12.1 Å². The van der Waals surface area contributed by atoms with Crippen molar-refractivity contribution < 1.29 is 13.6 Å². The number of nitrogens with one attached hydrogen (secondary N) is 1. The van der Waals surface area contributed by atoms with Gasteiger partial charge in [0.2, 0.25) is 11.8 Å². The smallest absolute Gasteiger partial charge is 0.393 e. The standard InChI is InChI=1S/C16H19FN4O3/c1-11-19-21(16(23)24-11)10-15(22)18-12-5-4-8-20(9-12)14-7-3-2-6-13(14)17/h2-3,6-7,12H,4-5,8-10H2,1H3,(H,18,22). The first-order valence-corrected chi connectivity index (χ1v) is 7.86. The molecule has 1 saturated heterocycles. The predicted octanol–water partition coefficient (Wildman–Crippen LogP) is 1.07. The predicted molar refractivity (Wildman–Crippen MR) is 85.3 cm³/mol. The quantitative estimate of drug-likeness (QED) is 0.905. The summed E-state index contributed by atoms with van der Waals surface area (Å²) in [5, 5.41) is 6.71. The zero-order chi connectivity index (χ0) is 17.1. The Balaban J connectivity index is 1.61. The minimum absolute atomic E-state index is 0.102. The van der Waals surface area contributed by atoms with Crippen molar-refractivity contribution in [3.8, 4) is 0 Å². The molecule has 2 aromatic rings. The largest absolute Gasteiger partial charge is 0.437 e. The van der Waals surface area contributed by atoms with Gasteiger partial charge >= 0.3 is 5.76 Å². The molecule has 0 radical (unpaired) electrons. The molecule has 1 N–H and O–H groups in total. The molecule has 128 valence electrons. The number of para-hydroxylation sites is 1. The van der Waals surface area contributed by atoms with E-state index in [9.17, 15) is 14.0 Å². The average molecular weight is 334 g/mol. The van der Waals surface area contributed by atoms with Gasteiger partial charge in [-0.25, -0.2) is 9.18 Å². The second kappa shape index (κ2) is 6.86. The second-order valence-electron chi connectivity index (χ2n) is 5.85. The van der Waals surface area contributed by atoms with Crippen LogP contribution in [0.4, 0.5) is 10.1 Å². The second-order valence-corrected chi connectivity index (χ2v) is 5.85. The van der Waals surface area contributed by atoms with Crippen LogP contribution in [0.3, 0.4) is 0 Å². The first kappa shape index (κ1) is 16.2. The normalized spacial score (nSPS) is 17.8. The van der Waals surface area contributed by atoms with Gasteiger partial charge in [0, 0.05) is 26.1 Å². The monoisotopic (exact) mass is 334 g/mol. The highest BCUT2D eigenvalue weighted by molar-refractivity contribution is 5.76. The molecular formula is C16H19FN4O3. The zero-order valence-corrected chi connectivity index (χ0v) is 13.4. The number of aromatic nitrogens is 2. The molecule has 1 unspecified atom stereocenters. The minimum atomic E-state index is -0.653. The Kier molecular flexibility index (Phi) is 4.64. The summed E-state index contributed by atoms with van der Waals surface area (Å²) in [7, 11) is 0. The van der Waals surface area contributed by atoms with E-state index in [0.29, 0.717) is 12.2 Å². The third kappa shape index (κ3) is 3.64. The van der Waals surface area contributed by atoms with E-state index in [-0.39, 0.29) is 30.2 Å². The van der Waals surface area contributed by atoms with Crippen LogP contribution in [0.2, 0.25) is 0 Å². The van der Waals surface area contributed by atoms with Crippen molar-refractivity contribution in [1.82, 2.24) is 15.1 Å². The third-order valence-corrected chi connectivity index (χ3v) is 3.98. The van der Waals surface area contributed by atoms with Gasteiger partial charge in [0.15, 0.2) is 0 Å². The number of piperidine rings is 1. The Hall–Kier alpha value is -2.64. The maximum Gasteiger partial charge on any atom is 0.437 e. The number of aryl methyl sites for hydroxylation is 1. The Labute approximate surface area is 138 Å². The Morgan fingerprint density at radius 1 is 1.46 bits per heavy atom. The van der Waals surface area contributed by atoms with E-state index in [1.165, 1.54) is 6.07 Å². The number of halogens is 1. The molecule has 1 atom stereocenters. The number of hydrogen-bond acceptors (Lipinski definition) is 5. The number of rotatable bonds is 4. The molecule has 8 heteroatoms. The van der Waals surface area contributed by atoms with Crippen LogP contribution in [-0.4, -0.2) is 34.8 Å². The van der Waals surface area contributed by atoms with E-state index in [1.807, 2.05) is 4.90 Å². The average Bonchev–Trinajstić information content (AvgIpc) is 2.85. The van der Waals surface area contributed by atoms with E-state index in [4.69, 9.17) is 4.42 Å². The maximum atomic E-state index is 13.9. The van der Waals surface area contributed by atoms with E-state index in [1.54, 1.807) is 25.1 Å². The molecule has 1 aliphatic rings. The van der Waals surface area contributed by atoms with Crippen LogP contribution in [0.15, 0.2) is 33.5 Å². The van der Waals surface area contributed by atoms with Crippen LogP contribution in [0, 0.1) is 12.7 Å². The SMILES string of the molecule is Cc1nn(CC(=O)NC2CCCN(c3ccccc3F)C2)c(=O)o1. The molecule has 7 nitrogen and oxygen atoms in total. The maximum absolute atomic E-state index is 13.9. The van der Waals surface area contributed by atoms with E-state index in [0.717, 1.165) is 24.1 Å². The van der Waals surface area contributed by atoms with Crippen molar-refractivity contribution >= 4 is 11.6 Å². The molecule has 0 aliphatic carbocycles. The van der Waals surface area contributed by atoms with Crippen molar-refractivity contribution in [2.24, 2.45) is 0 Å². The fourth-order valence-electron chi connectivity index (χ4n) is 2.94. The van der Waals surface area contributed by atoms with Gasteiger partial charge in [-0.2, -0.15) is 4.68 Å². The summed E-state index contributed by atoms with van der Waals surface area (Å²) in [5.41, 5.74) is 0.541. The highest BCUT2D eigenvalue weighted by Crippen LogP contribution is 2.22. The Morgan fingerprint density at radius 2 is 2.25 bits per heavy atom. The van der Waals surface area contributed by atoms with Gasteiger partial charge < -0.3 is 14.6 Å². The molecule has 0 spiro atoms. The van der Waals surface area contributed by atoms with Crippen LogP contribution in [0.5, 0.6) is 0 Å². The van der Waals surface area contributed by atoms with Crippen LogP contribution in [0.25, 0.3) is 0 Å². The summed E-state index contributed by atoms with van der Waals surface area (Å²) in [6, 6.07) is 6.50. The summed E-state index contributed by atoms with van der Waals surface area (Å²) >= 11 is 0. The fraction of sp³-hybridized carbons (Fsp3) is 0.438. The molecular weight excluding hydrogens is 315 g/mol. The van der Waals surface area contributed by atoms with Crippen molar-refractivity contribution in [3.05, 3.63) is 46.5 Å². The molecule has 24 heavy (non-hydrogen) atoms. The van der Waals surface area contributed by atoms with Gasteiger partial charge in [-0.05, 0) is 25.0 Å². The summed E-state index contributed by atoms with van der Waals surface area (Å²) in [6.07, 6.45) is 1.66. The topological polar surface area (TPSA) is 80.4 Å². The van der Waals surface area contributed by atoms with E-state index >= 15 is 0 Å². The lowest BCUT2D eigenvalue weighted by atomic mass is 10.0. The number of benzene rings is 1. The first-order valence-electron chi connectivity index (χ1n) is 7.86. The summed E-state index contributed by atoms with van der Waals surface area (Å²) < 4.78 is 19.7. The number of nitrogens with zero attached hydrogens (tertiary/aromatic N) is 3. The molecule has 1 amide bonds. The van der Waals surface area contributed by atoms with Gasteiger partial charge in [0.1, 0.15) is 12.4 Å². The number of anilines is 1. The molecule has 1 fully saturated rings. The summed E-state index contributed by atoms with van der Waals surface area (Å²) in [4.78, 5) is 25.5. The van der Waals surface area contributed by atoms with Crippen molar-refractivity contribution in [2.75, 3.05) is 18.0 Å². The van der Waals surface area contributed by atoms with Crippen LogP contribution in [0.1, 0.15) is 18.7 Å². The van der Waals surface area contributed by atoms with E-state index < -0.39 is 5.76 Å². The number of carbonyl (C=O) groups excluding carboxylic acids is 1. The lowest BCUT2D eigenvalue weighted by Crippen LogP contribution is -2.49. The molecule has 0 saturated carbocycles. The molecule has 1 aromatic heterocycles. The van der Waals surface area contributed by atoms with E-state index in [2.05, 4.69) is 10.4 Å². The first-order chi connectivity index (χ1) is 11.5. The van der Waals surface area contributed by atoms with Crippen molar-refractivity contribution in [3.63, 3.8) is 0 Å². The summed E-state index contributed by atoms with van der Waals surface area (Å²) in [5.74, 6) is -1.02. The Bertz CT molecular complexity index is 786. The Morgan fingerprint density at radius 3 is 2.96 bits per heavy atom. The molecule has 2 heterocycles. The van der Waals surface area contributed by atoms with Gasteiger partial charge in [0.25, 0.3) is 0 Å². The zero-order valence-electron chi connectivity index (χ0n) is 13.4. The molecule has 1 aliphatic heterocycles. The third-order valence-electron chi connectivity index (χ3n) is 3.98. The van der Waals surface area contributed by atoms with Gasteiger partial charge in [-0.15, -0.1) is 5.10 Å². The van der Waals surface area contributed by atoms with Crippen LogP contribution >= 0.6 is 0 Å². The van der Waals surface area contributed by atoms with Crippen LogP contribution in [-0.2, 0) is 11.3 Å². The summed E-state index contributed by atoms with van der Waals surface area (Å²) in [6.45, 7) is 2.63. The van der Waals surface area contributed by atoms with Crippen LogP contribution < -0.4 is 16.0 Å². The van der Waals surface area contributed by atoms with Crippen molar-refractivity contribution in [1.29, 1.82) is 0 Å². The number of carbonyl (C=O) groups is 1. The minimum Gasteiger partial charge on any atom is -0.393 e. The molecule has 0 bridgehead atoms. The highest BCUT2D eigenvalue weighted by atomic mass is 19.1. The van der Waals surface area contributed by atoms with Crippen molar-refractivity contribution in [2.45, 2.75) is 32.4 Å². The number of hydrogen-bond donors (Lipinski definition) is 1. The fourth-order valence-corrected chi connectivity index (χ4v) is 2.94. The molecule has 1 aromatic carbocycles. The molecule has 3 rings (SSSR count).